The summed E-state index contributed by atoms with van der Waals surface area (Å²) in [5.74, 6) is 1.61. The number of halogens is 1. The minimum Gasteiger partial charge on any atom is -0.457 e. The van der Waals surface area contributed by atoms with Gasteiger partial charge in [0.15, 0.2) is 0 Å². The maximum Gasteiger partial charge on any atom is 0.130 e. The first kappa shape index (κ1) is 14.0. The number of hydrogen-bond acceptors (Lipinski definition) is 2. The number of aryl methyl sites for hydroxylation is 2. The first-order valence-electron chi connectivity index (χ1n) is 5.82. The molecule has 0 aliphatic carbocycles. The van der Waals surface area contributed by atoms with E-state index >= 15 is 0 Å². The van der Waals surface area contributed by atoms with Gasteiger partial charge in [0.1, 0.15) is 16.5 Å². The number of thiocarbonyl (C=S) groups is 1. The van der Waals surface area contributed by atoms with E-state index in [1.807, 2.05) is 44.2 Å². The molecule has 0 aliphatic heterocycles. The van der Waals surface area contributed by atoms with Crippen molar-refractivity contribution in [3.05, 3.63) is 57.6 Å². The van der Waals surface area contributed by atoms with E-state index in [-0.39, 0.29) is 0 Å². The number of hydrogen-bond donors (Lipinski definition) is 1. The van der Waals surface area contributed by atoms with Gasteiger partial charge in [-0.3, -0.25) is 0 Å². The van der Waals surface area contributed by atoms with Gasteiger partial charge in [-0.1, -0.05) is 24.4 Å². The third-order valence-electron chi connectivity index (χ3n) is 2.78. The van der Waals surface area contributed by atoms with E-state index in [1.54, 1.807) is 0 Å². The molecule has 0 spiro atoms. The molecular formula is C15H14BrNOS. The predicted molar refractivity (Wildman–Crippen MR) is 86.0 cm³/mol. The molecule has 2 N–H and O–H groups in total. The second kappa shape index (κ2) is 5.72. The Morgan fingerprint density at radius 3 is 2.53 bits per heavy atom. The van der Waals surface area contributed by atoms with Gasteiger partial charge in [-0.25, -0.2) is 0 Å². The van der Waals surface area contributed by atoms with Gasteiger partial charge in [0.25, 0.3) is 0 Å². The van der Waals surface area contributed by atoms with Crippen molar-refractivity contribution in [1.82, 2.24) is 0 Å². The highest BCUT2D eigenvalue weighted by molar-refractivity contribution is 9.10. The van der Waals surface area contributed by atoms with Crippen LogP contribution >= 0.6 is 28.1 Å². The second-order valence-corrected chi connectivity index (χ2v) is 5.67. The summed E-state index contributed by atoms with van der Waals surface area (Å²) in [6.07, 6.45) is 0. The summed E-state index contributed by atoms with van der Waals surface area (Å²) in [6, 6.07) is 11.7. The van der Waals surface area contributed by atoms with Crippen molar-refractivity contribution in [1.29, 1.82) is 0 Å². The van der Waals surface area contributed by atoms with E-state index in [1.165, 1.54) is 5.56 Å². The van der Waals surface area contributed by atoms with Crippen LogP contribution in [-0.2, 0) is 0 Å². The molecule has 4 heteroatoms. The van der Waals surface area contributed by atoms with Gasteiger partial charge in [-0.2, -0.15) is 0 Å². The monoisotopic (exact) mass is 335 g/mol. The highest BCUT2D eigenvalue weighted by Gasteiger charge is 2.07. The summed E-state index contributed by atoms with van der Waals surface area (Å²) in [6.45, 7) is 4.06. The van der Waals surface area contributed by atoms with Crippen LogP contribution in [0, 0.1) is 13.8 Å². The summed E-state index contributed by atoms with van der Waals surface area (Å²) >= 11 is 8.41. The van der Waals surface area contributed by atoms with Crippen molar-refractivity contribution in [3.8, 4) is 11.5 Å². The van der Waals surface area contributed by atoms with Crippen molar-refractivity contribution in [2.45, 2.75) is 13.8 Å². The van der Waals surface area contributed by atoms with Gasteiger partial charge in [0, 0.05) is 10.0 Å². The van der Waals surface area contributed by atoms with Crippen LogP contribution < -0.4 is 10.5 Å². The van der Waals surface area contributed by atoms with E-state index in [9.17, 15) is 0 Å². The minimum atomic E-state index is 0.366. The largest absolute Gasteiger partial charge is 0.457 e. The molecule has 2 aromatic carbocycles. The summed E-state index contributed by atoms with van der Waals surface area (Å²) < 4.78 is 6.73. The molecule has 0 saturated heterocycles. The standard InChI is InChI=1S/C15H14BrNOS/c1-9-3-4-10(2)14(7-9)18-11-5-6-12(15(17)19)13(16)8-11/h3-8H,1-2H3,(H2,17,19). The predicted octanol–water partition coefficient (Wildman–Crippen LogP) is 4.49. The Hall–Kier alpha value is -1.39. The molecule has 0 aliphatic rings. The normalized spacial score (nSPS) is 10.3. The molecular weight excluding hydrogens is 322 g/mol. The van der Waals surface area contributed by atoms with Crippen LogP contribution in [0.4, 0.5) is 0 Å². The molecule has 2 rings (SSSR count). The van der Waals surface area contributed by atoms with E-state index in [4.69, 9.17) is 22.7 Å². The molecule has 0 radical (unpaired) electrons. The number of rotatable bonds is 3. The Labute approximate surface area is 126 Å². The molecule has 19 heavy (non-hydrogen) atoms. The summed E-state index contributed by atoms with van der Waals surface area (Å²) in [4.78, 5) is 0.366. The Morgan fingerprint density at radius 2 is 1.89 bits per heavy atom. The summed E-state index contributed by atoms with van der Waals surface area (Å²) in [7, 11) is 0. The quantitative estimate of drug-likeness (QED) is 0.839. The fraction of sp³-hybridized carbons (Fsp3) is 0.133. The molecule has 0 fully saturated rings. The Morgan fingerprint density at radius 1 is 1.16 bits per heavy atom. The lowest BCUT2D eigenvalue weighted by atomic mass is 10.1. The molecule has 0 heterocycles. The van der Waals surface area contributed by atoms with Gasteiger partial charge in [0.2, 0.25) is 0 Å². The molecule has 0 unspecified atom stereocenters. The topological polar surface area (TPSA) is 35.2 Å². The van der Waals surface area contributed by atoms with Gasteiger partial charge in [0.05, 0.1) is 0 Å². The smallest absolute Gasteiger partial charge is 0.130 e. The first-order valence-corrected chi connectivity index (χ1v) is 7.02. The van der Waals surface area contributed by atoms with E-state index in [2.05, 4.69) is 22.0 Å². The zero-order valence-corrected chi connectivity index (χ0v) is 13.1. The Balaban J connectivity index is 2.31. The minimum absolute atomic E-state index is 0.366. The summed E-state index contributed by atoms with van der Waals surface area (Å²) in [5.41, 5.74) is 8.69. The Kier molecular flexibility index (Phi) is 4.22. The van der Waals surface area contributed by atoms with E-state index in [0.717, 1.165) is 27.1 Å². The van der Waals surface area contributed by atoms with Crippen molar-refractivity contribution < 1.29 is 4.74 Å². The van der Waals surface area contributed by atoms with Crippen molar-refractivity contribution in [2.24, 2.45) is 5.73 Å². The maximum absolute atomic E-state index is 5.89. The van der Waals surface area contributed by atoms with E-state index in [0.29, 0.717) is 4.99 Å². The molecule has 0 saturated carbocycles. The van der Waals surface area contributed by atoms with Crippen LogP contribution in [0.25, 0.3) is 0 Å². The van der Waals surface area contributed by atoms with Crippen LogP contribution in [0.15, 0.2) is 40.9 Å². The average Bonchev–Trinajstić information content (AvgIpc) is 2.33. The lowest BCUT2D eigenvalue weighted by molar-refractivity contribution is 0.478. The molecule has 2 aromatic rings. The van der Waals surface area contributed by atoms with Gasteiger partial charge >= 0.3 is 0 Å². The second-order valence-electron chi connectivity index (χ2n) is 4.38. The maximum atomic E-state index is 5.89. The SMILES string of the molecule is Cc1ccc(C)c(Oc2ccc(C(N)=S)c(Br)c2)c1. The molecule has 98 valence electrons. The lowest BCUT2D eigenvalue weighted by Crippen LogP contribution is -2.09. The van der Waals surface area contributed by atoms with Crippen LogP contribution in [0.5, 0.6) is 11.5 Å². The first-order chi connectivity index (χ1) is 8.97. The molecule has 0 aromatic heterocycles. The zero-order valence-electron chi connectivity index (χ0n) is 10.7. The molecule has 0 atom stereocenters. The fourth-order valence-electron chi connectivity index (χ4n) is 1.70. The average molecular weight is 336 g/mol. The molecule has 0 amide bonds. The van der Waals surface area contributed by atoms with Gasteiger partial charge < -0.3 is 10.5 Å². The Bertz CT molecular complexity index is 640. The van der Waals surface area contributed by atoms with Crippen molar-refractivity contribution in [2.75, 3.05) is 0 Å². The molecule has 2 nitrogen and oxygen atoms in total. The fourth-order valence-corrected chi connectivity index (χ4v) is 2.58. The highest BCUT2D eigenvalue weighted by Crippen LogP contribution is 2.29. The third-order valence-corrected chi connectivity index (χ3v) is 3.65. The number of nitrogens with two attached hydrogens (primary N) is 1. The highest BCUT2D eigenvalue weighted by atomic mass is 79.9. The number of benzene rings is 2. The van der Waals surface area contributed by atoms with Crippen LogP contribution in [-0.4, -0.2) is 4.99 Å². The molecule has 0 bridgehead atoms. The zero-order chi connectivity index (χ0) is 14.0. The number of ether oxygens (including phenoxy) is 1. The lowest BCUT2D eigenvalue weighted by Gasteiger charge is -2.11. The van der Waals surface area contributed by atoms with Crippen molar-refractivity contribution in [3.63, 3.8) is 0 Å². The van der Waals surface area contributed by atoms with E-state index < -0.39 is 0 Å². The third kappa shape index (κ3) is 3.33. The van der Waals surface area contributed by atoms with Crippen LogP contribution in [0.2, 0.25) is 0 Å². The van der Waals surface area contributed by atoms with Gasteiger partial charge in [-0.15, -0.1) is 0 Å². The van der Waals surface area contributed by atoms with Crippen molar-refractivity contribution >= 4 is 33.1 Å². The van der Waals surface area contributed by atoms with Gasteiger partial charge in [-0.05, 0) is 65.2 Å². The van der Waals surface area contributed by atoms with Crippen LogP contribution in [0.1, 0.15) is 16.7 Å². The van der Waals surface area contributed by atoms with Crippen LogP contribution in [0.3, 0.4) is 0 Å². The summed E-state index contributed by atoms with van der Waals surface area (Å²) in [5, 5.41) is 0.